The number of ketones is 1. The molecule has 1 aromatic heterocycles. The van der Waals surface area contributed by atoms with Gasteiger partial charge in [-0.25, -0.2) is 0 Å². The number of carbonyl (C=O) groups excluding carboxylic acids is 1. The Balaban J connectivity index is 2.04. The molecule has 0 aliphatic carbocycles. The van der Waals surface area contributed by atoms with Crippen LogP contribution >= 0.6 is 0 Å². The topological polar surface area (TPSA) is 56.3 Å². The van der Waals surface area contributed by atoms with Crippen LogP contribution in [-0.2, 0) is 6.42 Å². The Hall–Kier alpha value is -1.91. The number of para-hydroxylation sites is 1. The summed E-state index contributed by atoms with van der Waals surface area (Å²) < 4.78 is 0. The Bertz CT molecular complexity index is 760. The summed E-state index contributed by atoms with van der Waals surface area (Å²) in [4.78, 5) is 18.6. The predicted octanol–water partition coefficient (Wildman–Crippen LogP) is 3.17. The first kappa shape index (κ1) is 16.9. The van der Waals surface area contributed by atoms with E-state index < -0.39 is 0 Å². The Morgan fingerprint density at radius 1 is 1.38 bits per heavy atom. The van der Waals surface area contributed by atoms with Crippen LogP contribution in [0.4, 0.5) is 0 Å². The lowest BCUT2D eigenvalue weighted by Gasteiger charge is -2.26. The van der Waals surface area contributed by atoms with Crippen molar-refractivity contribution in [2.75, 3.05) is 26.7 Å². The van der Waals surface area contributed by atoms with Gasteiger partial charge in [0.25, 0.3) is 0 Å². The zero-order chi connectivity index (χ0) is 17.1. The summed E-state index contributed by atoms with van der Waals surface area (Å²) in [6.07, 6.45) is 4.06. The quantitative estimate of drug-likeness (QED) is 0.834. The van der Waals surface area contributed by atoms with Gasteiger partial charge >= 0.3 is 0 Å². The largest absolute Gasteiger partial charge is 0.396 e. The first-order chi connectivity index (χ1) is 11.6. The molecule has 2 heterocycles. The number of carbonyl (C=O) groups is 1. The number of aromatic nitrogens is 1. The first-order valence-corrected chi connectivity index (χ1v) is 8.71. The fourth-order valence-corrected chi connectivity index (χ4v) is 3.75. The molecular weight excluding hydrogens is 300 g/mol. The number of nitrogens with one attached hydrogen (secondary N) is 1. The summed E-state index contributed by atoms with van der Waals surface area (Å²) in [6, 6.07) is 8.14. The number of fused-ring (bicyclic) bond motifs is 3. The van der Waals surface area contributed by atoms with Gasteiger partial charge in [-0.05, 0) is 44.4 Å². The van der Waals surface area contributed by atoms with E-state index in [1.54, 1.807) is 0 Å². The smallest absolute Gasteiger partial charge is 0.179 e. The molecule has 0 fully saturated rings. The summed E-state index contributed by atoms with van der Waals surface area (Å²) in [7, 11) is 2.12. The second-order valence-electron chi connectivity index (χ2n) is 6.71. The van der Waals surface area contributed by atoms with Crippen molar-refractivity contribution in [1.82, 2.24) is 9.88 Å². The molecule has 1 aromatic carbocycles. The number of aromatic amines is 1. The van der Waals surface area contributed by atoms with E-state index in [4.69, 9.17) is 0 Å². The number of hydrogen-bond donors (Lipinski definition) is 2. The SMILES string of the molecule is CC=C1CN(C)CCc2c([nH]c3ccccc23)C(=O)C[C@@H]1CCO. The van der Waals surface area contributed by atoms with Gasteiger partial charge in [0, 0.05) is 37.0 Å². The summed E-state index contributed by atoms with van der Waals surface area (Å²) in [5.74, 6) is 0.260. The Labute approximate surface area is 143 Å². The molecule has 4 heteroatoms. The molecule has 0 bridgehead atoms. The zero-order valence-corrected chi connectivity index (χ0v) is 14.5. The number of allylic oxidation sites excluding steroid dienone is 1. The van der Waals surface area contributed by atoms with E-state index in [2.05, 4.69) is 29.1 Å². The minimum atomic E-state index is 0.104. The number of Topliss-reactive ketones (excluding diaryl/α,β-unsaturated/α-hetero) is 1. The van der Waals surface area contributed by atoms with Crippen molar-refractivity contribution < 1.29 is 9.90 Å². The highest BCUT2D eigenvalue weighted by Crippen LogP contribution is 2.29. The lowest BCUT2D eigenvalue weighted by atomic mass is 9.87. The van der Waals surface area contributed by atoms with Crippen molar-refractivity contribution in [2.24, 2.45) is 5.92 Å². The number of likely N-dealkylation sites (N-methyl/N-ethyl adjacent to an activating group) is 1. The van der Waals surface area contributed by atoms with Gasteiger partial charge in [0.05, 0.1) is 5.69 Å². The number of aliphatic hydroxyl groups excluding tert-OH is 1. The lowest BCUT2D eigenvalue weighted by Crippen LogP contribution is -2.29. The molecular formula is C20H26N2O2. The second kappa shape index (κ2) is 7.32. The zero-order valence-electron chi connectivity index (χ0n) is 14.5. The van der Waals surface area contributed by atoms with E-state index in [0.29, 0.717) is 12.8 Å². The standard InChI is InChI=1S/C20H26N2O2/c1-3-14-13-22(2)10-8-17-16-6-4-5-7-18(16)21-20(17)19(24)12-15(14)9-11-23/h3-7,15,21,23H,8-13H2,1-2H3/t15-/m0/s1. The van der Waals surface area contributed by atoms with Crippen molar-refractivity contribution in [1.29, 1.82) is 0 Å². The van der Waals surface area contributed by atoms with Gasteiger partial charge in [-0.2, -0.15) is 0 Å². The lowest BCUT2D eigenvalue weighted by molar-refractivity contribution is 0.0953. The average molecular weight is 326 g/mol. The van der Waals surface area contributed by atoms with Crippen molar-refractivity contribution in [3.63, 3.8) is 0 Å². The van der Waals surface area contributed by atoms with Crippen molar-refractivity contribution in [3.05, 3.63) is 47.2 Å². The number of aliphatic hydroxyl groups is 1. The van der Waals surface area contributed by atoms with Crippen LogP contribution in [0.1, 0.15) is 35.8 Å². The molecule has 0 amide bonds. The van der Waals surface area contributed by atoms with Gasteiger partial charge in [0.1, 0.15) is 0 Å². The molecule has 0 unspecified atom stereocenters. The number of hydrogen-bond acceptors (Lipinski definition) is 3. The normalized spacial score (nSPS) is 22.0. The maximum absolute atomic E-state index is 13.0. The van der Waals surface area contributed by atoms with E-state index in [0.717, 1.165) is 41.7 Å². The van der Waals surface area contributed by atoms with E-state index in [9.17, 15) is 9.90 Å². The minimum absolute atomic E-state index is 0.104. The Morgan fingerprint density at radius 2 is 2.17 bits per heavy atom. The predicted molar refractivity (Wildman–Crippen MR) is 97.4 cm³/mol. The maximum Gasteiger partial charge on any atom is 0.179 e. The van der Waals surface area contributed by atoms with Crippen LogP contribution in [0.5, 0.6) is 0 Å². The van der Waals surface area contributed by atoms with Crippen LogP contribution in [0.25, 0.3) is 10.9 Å². The maximum atomic E-state index is 13.0. The summed E-state index contributed by atoms with van der Waals surface area (Å²) in [5, 5.41) is 10.6. The number of nitrogens with zero attached hydrogens (tertiary/aromatic N) is 1. The monoisotopic (exact) mass is 326 g/mol. The van der Waals surface area contributed by atoms with Gasteiger partial charge in [-0.15, -0.1) is 0 Å². The van der Waals surface area contributed by atoms with E-state index in [1.165, 1.54) is 5.57 Å². The van der Waals surface area contributed by atoms with Gasteiger partial charge in [-0.1, -0.05) is 29.8 Å². The summed E-state index contributed by atoms with van der Waals surface area (Å²) in [6.45, 7) is 3.90. The van der Waals surface area contributed by atoms with Crippen LogP contribution in [-0.4, -0.2) is 47.5 Å². The molecule has 128 valence electrons. The van der Waals surface area contributed by atoms with Crippen molar-refractivity contribution >= 4 is 16.7 Å². The summed E-state index contributed by atoms with van der Waals surface area (Å²) in [5.41, 5.74) is 4.17. The molecule has 3 rings (SSSR count). The van der Waals surface area contributed by atoms with Crippen LogP contribution in [0.2, 0.25) is 0 Å². The molecule has 24 heavy (non-hydrogen) atoms. The third-order valence-electron chi connectivity index (χ3n) is 5.09. The average Bonchev–Trinajstić information content (AvgIpc) is 2.96. The number of benzene rings is 1. The molecule has 0 spiro atoms. The minimum Gasteiger partial charge on any atom is -0.396 e. The highest BCUT2D eigenvalue weighted by atomic mass is 16.3. The molecule has 0 radical (unpaired) electrons. The fraction of sp³-hybridized carbons (Fsp3) is 0.450. The number of rotatable bonds is 2. The van der Waals surface area contributed by atoms with Crippen LogP contribution in [0.15, 0.2) is 35.9 Å². The molecule has 0 saturated heterocycles. The first-order valence-electron chi connectivity index (χ1n) is 8.71. The molecule has 2 aromatic rings. The van der Waals surface area contributed by atoms with Crippen LogP contribution < -0.4 is 0 Å². The van der Waals surface area contributed by atoms with E-state index in [1.807, 2.05) is 25.1 Å². The summed E-state index contributed by atoms with van der Waals surface area (Å²) >= 11 is 0. The molecule has 4 nitrogen and oxygen atoms in total. The molecule has 1 aliphatic heterocycles. The molecule has 1 atom stereocenters. The van der Waals surface area contributed by atoms with Gasteiger partial charge in [0.15, 0.2) is 5.78 Å². The van der Waals surface area contributed by atoms with Gasteiger partial charge in [0.2, 0.25) is 0 Å². The highest BCUT2D eigenvalue weighted by Gasteiger charge is 2.25. The molecule has 2 N–H and O–H groups in total. The second-order valence-corrected chi connectivity index (χ2v) is 6.71. The Kier molecular flexibility index (Phi) is 5.17. The third-order valence-corrected chi connectivity index (χ3v) is 5.09. The van der Waals surface area contributed by atoms with E-state index >= 15 is 0 Å². The van der Waals surface area contributed by atoms with Crippen LogP contribution in [0.3, 0.4) is 0 Å². The number of H-pyrrole nitrogens is 1. The van der Waals surface area contributed by atoms with Crippen molar-refractivity contribution in [2.45, 2.75) is 26.2 Å². The molecule has 0 saturated carbocycles. The molecule has 1 aliphatic rings. The van der Waals surface area contributed by atoms with Crippen LogP contribution in [0, 0.1) is 5.92 Å². The Morgan fingerprint density at radius 3 is 2.92 bits per heavy atom. The fourth-order valence-electron chi connectivity index (χ4n) is 3.75. The van der Waals surface area contributed by atoms with Gasteiger partial charge < -0.3 is 15.0 Å². The third kappa shape index (κ3) is 3.30. The van der Waals surface area contributed by atoms with Crippen molar-refractivity contribution in [3.8, 4) is 0 Å². The van der Waals surface area contributed by atoms with Gasteiger partial charge in [-0.3, -0.25) is 4.79 Å². The van der Waals surface area contributed by atoms with E-state index in [-0.39, 0.29) is 18.3 Å². The highest BCUT2D eigenvalue weighted by molar-refractivity contribution is 6.02.